The van der Waals surface area contributed by atoms with Gasteiger partial charge >= 0.3 is 12.0 Å². The molecule has 120 valence electrons. The second-order valence-corrected chi connectivity index (χ2v) is 6.76. The average molecular weight is 296 g/mol. The van der Waals surface area contributed by atoms with Crippen LogP contribution in [-0.4, -0.2) is 29.7 Å². The molecule has 2 amide bonds. The van der Waals surface area contributed by atoms with Crippen molar-refractivity contribution in [2.24, 2.45) is 17.8 Å². The highest BCUT2D eigenvalue weighted by Gasteiger charge is 2.27. The van der Waals surface area contributed by atoms with Gasteiger partial charge in [0.05, 0.1) is 5.92 Å². The fourth-order valence-electron chi connectivity index (χ4n) is 3.64. The topological polar surface area (TPSA) is 78.4 Å². The van der Waals surface area contributed by atoms with E-state index in [4.69, 9.17) is 5.11 Å². The predicted octanol–water partition coefficient (Wildman–Crippen LogP) is 2.76. The molecule has 5 heteroatoms. The molecule has 2 atom stereocenters. The number of urea groups is 1. The Bertz CT molecular complexity index is 365. The normalized spacial score (nSPS) is 33.2. The number of aliphatic carboxylic acids is 1. The van der Waals surface area contributed by atoms with E-state index < -0.39 is 5.97 Å². The molecule has 2 unspecified atom stereocenters. The van der Waals surface area contributed by atoms with Crippen molar-refractivity contribution in [2.75, 3.05) is 6.54 Å². The minimum absolute atomic E-state index is 0.0912. The van der Waals surface area contributed by atoms with E-state index in [1.54, 1.807) is 0 Å². The number of carboxylic acids is 1. The lowest BCUT2D eigenvalue weighted by Gasteiger charge is -2.30. The summed E-state index contributed by atoms with van der Waals surface area (Å²) in [4.78, 5) is 22.8. The lowest BCUT2D eigenvalue weighted by Crippen LogP contribution is -2.46. The Morgan fingerprint density at radius 3 is 2.33 bits per heavy atom. The van der Waals surface area contributed by atoms with Gasteiger partial charge in [-0.15, -0.1) is 0 Å². The summed E-state index contributed by atoms with van der Waals surface area (Å²) < 4.78 is 0. The molecule has 5 nitrogen and oxygen atoms in total. The summed E-state index contributed by atoms with van der Waals surface area (Å²) in [6, 6.07) is 0.0379. The zero-order chi connectivity index (χ0) is 15.2. The first kappa shape index (κ1) is 16.1. The molecule has 0 spiro atoms. The number of carboxylic acid groups (broad SMARTS) is 1. The monoisotopic (exact) mass is 296 g/mol. The number of hydrogen-bond acceptors (Lipinski definition) is 2. The molecule has 0 aliphatic heterocycles. The first-order valence-electron chi connectivity index (χ1n) is 8.33. The highest BCUT2D eigenvalue weighted by molar-refractivity contribution is 5.74. The molecule has 0 aromatic heterocycles. The molecule has 0 saturated heterocycles. The van der Waals surface area contributed by atoms with E-state index in [1.807, 2.05) is 0 Å². The van der Waals surface area contributed by atoms with E-state index in [2.05, 4.69) is 17.6 Å². The third kappa shape index (κ3) is 4.90. The van der Waals surface area contributed by atoms with Gasteiger partial charge in [-0.2, -0.15) is 0 Å². The van der Waals surface area contributed by atoms with Gasteiger partial charge in [0, 0.05) is 12.6 Å². The summed E-state index contributed by atoms with van der Waals surface area (Å²) in [5, 5.41) is 14.9. The number of hydrogen-bond donors (Lipinski definition) is 3. The van der Waals surface area contributed by atoms with Crippen LogP contribution in [0.2, 0.25) is 0 Å². The van der Waals surface area contributed by atoms with Crippen LogP contribution in [0.3, 0.4) is 0 Å². The van der Waals surface area contributed by atoms with E-state index in [-0.39, 0.29) is 18.0 Å². The van der Waals surface area contributed by atoms with Gasteiger partial charge in [0.25, 0.3) is 0 Å². The Kier molecular flexibility index (Phi) is 5.88. The van der Waals surface area contributed by atoms with Gasteiger partial charge in [0.15, 0.2) is 0 Å². The molecular weight excluding hydrogens is 268 g/mol. The van der Waals surface area contributed by atoms with Crippen molar-refractivity contribution in [1.29, 1.82) is 0 Å². The molecule has 0 heterocycles. The number of rotatable bonds is 4. The van der Waals surface area contributed by atoms with Crippen LogP contribution in [0.1, 0.15) is 58.3 Å². The molecule has 2 saturated carbocycles. The second-order valence-electron chi connectivity index (χ2n) is 6.76. The van der Waals surface area contributed by atoms with Crippen LogP contribution in [0.5, 0.6) is 0 Å². The zero-order valence-electron chi connectivity index (χ0n) is 12.9. The Morgan fingerprint density at radius 1 is 1.05 bits per heavy atom. The van der Waals surface area contributed by atoms with Gasteiger partial charge in [-0.05, 0) is 43.9 Å². The minimum Gasteiger partial charge on any atom is -0.481 e. The summed E-state index contributed by atoms with van der Waals surface area (Å²) in [6.45, 7) is 3.04. The smallest absolute Gasteiger partial charge is 0.315 e. The van der Waals surface area contributed by atoms with E-state index in [1.165, 1.54) is 25.7 Å². The summed E-state index contributed by atoms with van der Waals surface area (Å²) in [5.74, 6) is 0.371. The van der Waals surface area contributed by atoms with Gasteiger partial charge in [-0.1, -0.05) is 26.2 Å². The first-order chi connectivity index (χ1) is 10.1. The lowest BCUT2D eigenvalue weighted by atomic mass is 9.80. The standard InChI is InChI=1S/C16H28N2O3/c1-11-4-2-3-5-13(11)10-17-16(21)18-14-8-6-12(7-9-14)15(19)20/h11-14H,2-10H2,1H3,(H,19,20)(H2,17,18,21). The highest BCUT2D eigenvalue weighted by atomic mass is 16.4. The SMILES string of the molecule is CC1CCCCC1CNC(=O)NC1CCC(C(=O)O)CC1. The van der Waals surface area contributed by atoms with Crippen molar-refractivity contribution < 1.29 is 14.7 Å². The van der Waals surface area contributed by atoms with Crippen LogP contribution in [-0.2, 0) is 4.79 Å². The summed E-state index contributed by atoms with van der Waals surface area (Å²) in [6.07, 6.45) is 7.95. The van der Waals surface area contributed by atoms with Gasteiger partial charge in [0.2, 0.25) is 0 Å². The fraction of sp³-hybridized carbons (Fsp3) is 0.875. The molecule has 2 fully saturated rings. The van der Waals surface area contributed by atoms with Gasteiger partial charge in [-0.25, -0.2) is 4.79 Å². The van der Waals surface area contributed by atoms with Crippen LogP contribution in [0.4, 0.5) is 4.79 Å². The molecule has 21 heavy (non-hydrogen) atoms. The summed E-state index contributed by atoms with van der Waals surface area (Å²) in [7, 11) is 0. The number of amides is 2. The van der Waals surface area contributed by atoms with Crippen molar-refractivity contribution in [3.63, 3.8) is 0 Å². The molecule has 2 aliphatic rings. The predicted molar refractivity (Wildman–Crippen MR) is 81.0 cm³/mol. The molecule has 3 N–H and O–H groups in total. The summed E-state index contributed by atoms with van der Waals surface area (Å²) >= 11 is 0. The molecule has 0 aromatic carbocycles. The Morgan fingerprint density at radius 2 is 1.71 bits per heavy atom. The van der Waals surface area contributed by atoms with Crippen molar-refractivity contribution in [3.05, 3.63) is 0 Å². The van der Waals surface area contributed by atoms with Gasteiger partial charge < -0.3 is 15.7 Å². The molecular formula is C16H28N2O3. The van der Waals surface area contributed by atoms with E-state index in [0.29, 0.717) is 24.7 Å². The number of carbonyl (C=O) groups is 2. The largest absolute Gasteiger partial charge is 0.481 e. The van der Waals surface area contributed by atoms with Crippen LogP contribution < -0.4 is 10.6 Å². The maximum absolute atomic E-state index is 11.9. The van der Waals surface area contributed by atoms with Gasteiger partial charge in [-0.3, -0.25) is 4.79 Å². The Labute approximate surface area is 126 Å². The summed E-state index contributed by atoms with van der Waals surface area (Å²) in [5.41, 5.74) is 0. The average Bonchev–Trinajstić information content (AvgIpc) is 2.47. The first-order valence-corrected chi connectivity index (χ1v) is 8.33. The van der Waals surface area contributed by atoms with Crippen molar-refractivity contribution in [2.45, 2.75) is 64.3 Å². The quantitative estimate of drug-likeness (QED) is 0.746. The second kappa shape index (κ2) is 7.66. The minimum atomic E-state index is -0.704. The maximum atomic E-state index is 11.9. The molecule has 2 aliphatic carbocycles. The Balaban J connectivity index is 1.64. The van der Waals surface area contributed by atoms with Gasteiger partial charge in [0.1, 0.15) is 0 Å². The molecule has 0 aromatic rings. The lowest BCUT2D eigenvalue weighted by molar-refractivity contribution is -0.142. The van der Waals surface area contributed by atoms with E-state index in [0.717, 1.165) is 19.4 Å². The van der Waals surface area contributed by atoms with Crippen LogP contribution in [0, 0.1) is 17.8 Å². The highest BCUT2D eigenvalue weighted by Crippen LogP contribution is 2.29. The van der Waals surface area contributed by atoms with Crippen LogP contribution in [0.15, 0.2) is 0 Å². The van der Waals surface area contributed by atoms with Crippen LogP contribution in [0.25, 0.3) is 0 Å². The van der Waals surface area contributed by atoms with E-state index >= 15 is 0 Å². The third-order valence-corrected chi connectivity index (χ3v) is 5.23. The third-order valence-electron chi connectivity index (χ3n) is 5.23. The van der Waals surface area contributed by atoms with E-state index in [9.17, 15) is 9.59 Å². The van der Waals surface area contributed by atoms with Crippen LogP contribution >= 0.6 is 0 Å². The number of carbonyl (C=O) groups excluding carboxylic acids is 1. The van der Waals surface area contributed by atoms with Crippen molar-refractivity contribution in [1.82, 2.24) is 10.6 Å². The molecule has 2 rings (SSSR count). The fourth-order valence-corrected chi connectivity index (χ4v) is 3.64. The molecule has 0 bridgehead atoms. The molecule has 0 radical (unpaired) electrons. The van der Waals surface area contributed by atoms with Crippen molar-refractivity contribution >= 4 is 12.0 Å². The maximum Gasteiger partial charge on any atom is 0.315 e. The number of nitrogens with one attached hydrogen (secondary N) is 2. The zero-order valence-corrected chi connectivity index (χ0v) is 12.9. The Hall–Kier alpha value is -1.26. The van der Waals surface area contributed by atoms with Crippen molar-refractivity contribution in [3.8, 4) is 0 Å².